The van der Waals surface area contributed by atoms with E-state index in [1.807, 2.05) is 24.3 Å². The van der Waals surface area contributed by atoms with Gasteiger partial charge in [-0.1, -0.05) is 26.0 Å². The highest BCUT2D eigenvalue weighted by molar-refractivity contribution is 5.92. The molecule has 2 aromatic rings. The van der Waals surface area contributed by atoms with Crippen LogP contribution in [0.15, 0.2) is 42.5 Å². The molecule has 0 fully saturated rings. The van der Waals surface area contributed by atoms with Crippen LogP contribution in [0.2, 0.25) is 0 Å². The molecule has 0 spiro atoms. The number of carbonyl (C=O) groups is 1. The van der Waals surface area contributed by atoms with Crippen LogP contribution in [0.1, 0.15) is 37.3 Å². The van der Waals surface area contributed by atoms with Crippen molar-refractivity contribution in [2.45, 2.75) is 33.1 Å². The molecule has 0 saturated heterocycles. The zero-order valence-corrected chi connectivity index (χ0v) is 14.6. The van der Waals surface area contributed by atoms with Crippen molar-refractivity contribution in [2.24, 2.45) is 0 Å². The van der Waals surface area contributed by atoms with Crippen molar-refractivity contribution >= 4 is 17.3 Å². The van der Waals surface area contributed by atoms with E-state index in [-0.39, 0.29) is 18.2 Å². The van der Waals surface area contributed by atoms with Crippen LogP contribution in [-0.2, 0) is 4.79 Å². The number of aryl methyl sites for hydroxylation is 1. The Morgan fingerprint density at radius 1 is 1.24 bits per heavy atom. The Morgan fingerprint density at radius 2 is 1.92 bits per heavy atom. The summed E-state index contributed by atoms with van der Waals surface area (Å²) in [5, 5.41) is 13.4. The number of rotatable bonds is 7. The number of nitro benzene ring substituents is 1. The summed E-state index contributed by atoms with van der Waals surface area (Å²) < 4.78 is 5.49. The van der Waals surface area contributed by atoms with Crippen molar-refractivity contribution in [1.82, 2.24) is 0 Å². The molecule has 25 heavy (non-hydrogen) atoms. The quantitative estimate of drug-likeness (QED) is 0.596. The van der Waals surface area contributed by atoms with Crippen LogP contribution in [0.5, 0.6) is 5.75 Å². The third-order valence-corrected chi connectivity index (χ3v) is 4.13. The van der Waals surface area contributed by atoms with Crippen molar-refractivity contribution < 1.29 is 14.5 Å². The number of nitro groups is 1. The Labute approximate surface area is 147 Å². The molecule has 0 aromatic heterocycles. The summed E-state index contributed by atoms with van der Waals surface area (Å²) in [6, 6.07) is 12.0. The number of amides is 1. The summed E-state index contributed by atoms with van der Waals surface area (Å²) in [5.41, 5.74) is 2.39. The molecular formula is C19H22N2O4. The molecule has 1 amide bonds. The number of hydrogen-bond donors (Lipinski definition) is 1. The standard InChI is InChI=1S/C19H22N2O4/c1-4-13(2)15-5-8-17(9-6-15)25-12-19(22)20-18-10-7-16(21(23)24)11-14(18)3/h5-11,13H,4,12H2,1-3H3,(H,20,22). The second-order valence-corrected chi connectivity index (χ2v) is 5.97. The lowest BCUT2D eigenvalue weighted by Gasteiger charge is -2.11. The first-order valence-electron chi connectivity index (χ1n) is 8.18. The normalized spacial score (nSPS) is 11.6. The van der Waals surface area contributed by atoms with Gasteiger partial charge in [0.05, 0.1) is 4.92 Å². The van der Waals surface area contributed by atoms with Gasteiger partial charge in [-0.05, 0) is 48.6 Å². The minimum atomic E-state index is -0.467. The van der Waals surface area contributed by atoms with Gasteiger partial charge in [-0.25, -0.2) is 0 Å². The maximum Gasteiger partial charge on any atom is 0.269 e. The zero-order valence-electron chi connectivity index (χ0n) is 14.6. The molecule has 1 unspecified atom stereocenters. The van der Waals surface area contributed by atoms with Gasteiger partial charge in [0.2, 0.25) is 0 Å². The van der Waals surface area contributed by atoms with Gasteiger partial charge in [0.25, 0.3) is 11.6 Å². The molecule has 0 aliphatic carbocycles. The van der Waals surface area contributed by atoms with E-state index < -0.39 is 4.92 Å². The second kappa shape index (κ2) is 8.28. The monoisotopic (exact) mass is 342 g/mol. The topological polar surface area (TPSA) is 81.5 Å². The lowest BCUT2D eigenvalue weighted by molar-refractivity contribution is -0.384. The highest BCUT2D eigenvalue weighted by atomic mass is 16.6. The van der Waals surface area contributed by atoms with E-state index in [4.69, 9.17) is 4.74 Å². The average molecular weight is 342 g/mol. The number of nitrogens with zero attached hydrogens (tertiary/aromatic N) is 1. The first-order chi connectivity index (χ1) is 11.9. The molecule has 2 rings (SSSR count). The Kier molecular flexibility index (Phi) is 6.11. The van der Waals surface area contributed by atoms with Gasteiger partial charge < -0.3 is 10.1 Å². The summed E-state index contributed by atoms with van der Waals surface area (Å²) in [4.78, 5) is 22.3. The van der Waals surface area contributed by atoms with Gasteiger partial charge in [0, 0.05) is 17.8 Å². The van der Waals surface area contributed by atoms with Crippen LogP contribution in [0.4, 0.5) is 11.4 Å². The molecule has 6 nitrogen and oxygen atoms in total. The van der Waals surface area contributed by atoms with E-state index in [0.29, 0.717) is 22.9 Å². The third kappa shape index (κ3) is 5.04. The first-order valence-corrected chi connectivity index (χ1v) is 8.18. The van der Waals surface area contributed by atoms with Crippen LogP contribution < -0.4 is 10.1 Å². The lowest BCUT2D eigenvalue weighted by Crippen LogP contribution is -2.20. The van der Waals surface area contributed by atoms with E-state index in [2.05, 4.69) is 19.2 Å². The van der Waals surface area contributed by atoms with E-state index in [0.717, 1.165) is 6.42 Å². The Balaban J connectivity index is 1.91. The first kappa shape index (κ1) is 18.4. The predicted molar refractivity (Wildman–Crippen MR) is 97.1 cm³/mol. The van der Waals surface area contributed by atoms with Crippen LogP contribution >= 0.6 is 0 Å². The number of nitrogens with one attached hydrogen (secondary N) is 1. The second-order valence-electron chi connectivity index (χ2n) is 5.97. The minimum Gasteiger partial charge on any atom is -0.484 e. The lowest BCUT2D eigenvalue weighted by atomic mass is 9.99. The summed E-state index contributed by atoms with van der Waals surface area (Å²) >= 11 is 0. The van der Waals surface area contributed by atoms with E-state index in [1.54, 1.807) is 6.92 Å². The maximum atomic E-state index is 12.0. The van der Waals surface area contributed by atoms with E-state index >= 15 is 0 Å². The molecule has 1 N–H and O–H groups in total. The number of benzene rings is 2. The highest BCUT2D eigenvalue weighted by Crippen LogP contribution is 2.22. The van der Waals surface area contributed by atoms with Crippen LogP contribution in [0, 0.1) is 17.0 Å². The number of ether oxygens (including phenoxy) is 1. The van der Waals surface area contributed by atoms with Gasteiger partial charge >= 0.3 is 0 Å². The smallest absolute Gasteiger partial charge is 0.269 e. The summed E-state index contributed by atoms with van der Waals surface area (Å²) in [7, 11) is 0. The molecule has 132 valence electrons. The molecule has 0 aliphatic rings. The summed E-state index contributed by atoms with van der Waals surface area (Å²) in [5.74, 6) is 0.799. The molecule has 0 bridgehead atoms. The number of anilines is 1. The number of hydrogen-bond acceptors (Lipinski definition) is 4. The fourth-order valence-corrected chi connectivity index (χ4v) is 2.37. The summed E-state index contributed by atoms with van der Waals surface area (Å²) in [6.07, 6.45) is 1.07. The SMILES string of the molecule is CCC(C)c1ccc(OCC(=O)Nc2ccc([N+](=O)[O-])cc2C)cc1. The Bertz CT molecular complexity index is 757. The predicted octanol–water partition coefficient (Wildman–Crippen LogP) is 4.43. The average Bonchev–Trinajstić information content (AvgIpc) is 2.61. The van der Waals surface area contributed by atoms with Gasteiger partial charge in [0.1, 0.15) is 5.75 Å². The number of non-ortho nitro benzene ring substituents is 1. The van der Waals surface area contributed by atoms with Crippen molar-refractivity contribution in [1.29, 1.82) is 0 Å². The van der Waals surface area contributed by atoms with Crippen molar-refractivity contribution in [3.8, 4) is 5.75 Å². The number of carbonyl (C=O) groups excluding carboxylic acids is 1. The zero-order chi connectivity index (χ0) is 18.4. The van der Waals surface area contributed by atoms with E-state index in [9.17, 15) is 14.9 Å². The highest BCUT2D eigenvalue weighted by Gasteiger charge is 2.11. The van der Waals surface area contributed by atoms with Gasteiger partial charge in [-0.3, -0.25) is 14.9 Å². The van der Waals surface area contributed by atoms with Gasteiger partial charge in [-0.15, -0.1) is 0 Å². The van der Waals surface area contributed by atoms with Crippen LogP contribution in [-0.4, -0.2) is 17.4 Å². The van der Waals surface area contributed by atoms with Crippen molar-refractivity contribution in [3.05, 3.63) is 63.7 Å². The molecule has 1 atom stereocenters. The molecule has 0 aliphatic heterocycles. The molecule has 6 heteroatoms. The Morgan fingerprint density at radius 3 is 2.48 bits per heavy atom. The van der Waals surface area contributed by atoms with Gasteiger partial charge in [-0.2, -0.15) is 0 Å². The van der Waals surface area contributed by atoms with E-state index in [1.165, 1.54) is 23.8 Å². The van der Waals surface area contributed by atoms with Crippen LogP contribution in [0.3, 0.4) is 0 Å². The van der Waals surface area contributed by atoms with Crippen molar-refractivity contribution in [2.75, 3.05) is 11.9 Å². The molecular weight excluding hydrogens is 320 g/mol. The largest absolute Gasteiger partial charge is 0.484 e. The van der Waals surface area contributed by atoms with Gasteiger partial charge in [0.15, 0.2) is 6.61 Å². The molecule has 0 heterocycles. The molecule has 0 radical (unpaired) electrons. The molecule has 2 aromatic carbocycles. The summed E-state index contributed by atoms with van der Waals surface area (Å²) in [6.45, 7) is 5.88. The fourth-order valence-electron chi connectivity index (χ4n) is 2.37. The Hall–Kier alpha value is -2.89. The fraction of sp³-hybridized carbons (Fsp3) is 0.316. The van der Waals surface area contributed by atoms with Crippen LogP contribution in [0.25, 0.3) is 0 Å². The third-order valence-electron chi connectivity index (χ3n) is 4.13. The maximum absolute atomic E-state index is 12.0. The van der Waals surface area contributed by atoms with Crippen molar-refractivity contribution in [3.63, 3.8) is 0 Å². The minimum absolute atomic E-state index is 0.00635. The molecule has 0 saturated carbocycles.